The number of hydrogen-bond donors (Lipinski definition) is 4. The minimum absolute atomic E-state index is 0.0512. The van der Waals surface area contributed by atoms with Crippen LogP contribution in [0.15, 0.2) is 76.3 Å². The number of para-hydroxylation sites is 1. The predicted molar refractivity (Wildman–Crippen MR) is 150 cm³/mol. The molecule has 39 heavy (non-hydrogen) atoms. The summed E-state index contributed by atoms with van der Waals surface area (Å²) >= 11 is 4.36. The van der Waals surface area contributed by atoms with Crippen molar-refractivity contribution in [3.8, 4) is 0 Å². The third-order valence-corrected chi connectivity index (χ3v) is 8.68. The molecule has 0 saturated heterocycles. The fraction of sp³-hybridized carbons (Fsp3) is 0.370. The summed E-state index contributed by atoms with van der Waals surface area (Å²) in [5, 5.41) is 17.3. The third-order valence-electron chi connectivity index (χ3n) is 6.41. The Morgan fingerprint density at radius 1 is 1.21 bits per heavy atom. The predicted octanol–water partition coefficient (Wildman–Crippen LogP) is 2.72. The zero-order valence-corrected chi connectivity index (χ0v) is 23.5. The zero-order chi connectivity index (χ0) is 28.4. The molecule has 3 heterocycles. The highest BCUT2D eigenvalue weighted by Gasteiger charge is 2.43. The lowest BCUT2D eigenvalue weighted by Gasteiger charge is -2.34. The van der Waals surface area contributed by atoms with Crippen molar-refractivity contribution in [2.75, 3.05) is 6.54 Å². The minimum atomic E-state index is -4.07. The average Bonchev–Trinajstić information content (AvgIpc) is 3.29. The maximum absolute atomic E-state index is 13.4. The van der Waals surface area contributed by atoms with Gasteiger partial charge in [0.2, 0.25) is 5.91 Å². The highest BCUT2D eigenvalue weighted by atomic mass is 32.2. The molecule has 2 aromatic heterocycles. The van der Waals surface area contributed by atoms with Crippen molar-refractivity contribution in [1.29, 1.82) is 0 Å². The molecule has 2 amide bonds. The van der Waals surface area contributed by atoms with Gasteiger partial charge in [0.05, 0.1) is 12.6 Å². The number of β-amino-alcohol motifs (C(OH)–C–C–N with tert-alkyl or cyclic N) is 1. The molecule has 1 aliphatic rings. The molecule has 10 nitrogen and oxygen atoms in total. The minimum Gasteiger partial charge on any atom is -0.451 e. The van der Waals surface area contributed by atoms with Crippen molar-refractivity contribution in [1.82, 2.24) is 19.9 Å². The number of aliphatic hydroxyl groups is 1. The number of nitrogens with one attached hydrogen (secondary N) is 2. The number of nitrogens with zero attached hydrogens (tertiary/aromatic N) is 2. The first kappa shape index (κ1) is 28.8. The van der Waals surface area contributed by atoms with E-state index in [4.69, 9.17) is 4.42 Å². The number of rotatable bonds is 8. The molecule has 208 valence electrons. The Morgan fingerprint density at radius 3 is 2.59 bits per heavy atom. The van der Waals surface area contributed by atoms with Gasteiger partial charge in [0.25, 0.3) is 15.9 Å². The van der Waals surface area contributed by atoms with Gasteiger partial charge in [-0.05, 0) is 43.5 Å². The first-order chi connectivity index (χ1) is 18.4. The number of pyridine rings is 1. The Morgan fingerprint density at radius 2 is 1.92 bits per heavy atom. The normalized spacial score (nSPS) is 22.9. The highest BCUT2D eigenvalue weighted by Crippen LogP contribution is 2.28. The van der Waals surface area contributed by atoms with Crippen molar-refractivity contribution in [2.45, 2.75) is 55.3 Å². The largest absolute Gasteiger partial charge is 0.451 e. The van der Waals surface area contributed by atoms with Gasteiger partial charge in [0.1, 0.15) is 16.6 Å². The van der Waals surface area contributed by atoms with E-state index in [-0.39, 0.29) is 16.7 Å². The van der Waals surface area contributed by atoms with Crippen molar-refractivity contribution in [2.24, 2.45) is 5.92 Å². The molecule has 0 saturated carbocycles. The first-order valence-corrected chi connectivity index (χ1v) is 14.4. The van der Waals surface area contributed by atoms with Crippen LogP contribution in [0, 0.1) is 5.92 Å². The van der Waals surface area contributed by atoms with E-state index in [1.807, 2.05) is 26.0 Å². The Hall–Kier alpha value is -3.19. The Labute approximate surface area is 232 Å². The summed E-state index contributed by atoms with van der Waals surface area (Å²) in [6, 6.07) is 10.7. The van der Waals surface area contributed by atoms with Gasteiger partial charge in [-0.3, -0.25) is 9.59 Å². The molecule has 0 bridgehead atoms. The summed E-state index contributed by atoms with van der Waals surface area (Å²) in [4.78, 5) is 28.3. The molecule has 0 radical (unpaired) electrons. The Balaban J connectivity index is 1.52. The van der Waals surface area contributed by atoms with E-state index in [1.54, 1.807) is 43.3 Å². The average molecular weight is 573 g/mol. The second kappa shape index (κ2) is 11.5. The Kier molecular flexibility index (Phi) is 8.50. The molecule has 12 heteroatoms. The maximum Gasteiger partial charge on any atom is 0.287 e. The lowest BCUT2D eigenvalue weighted by Crippen LogP contribution is -2.58. The summed E-state index contributed by atoms with van der Waals surface area (Å²) in [6.45, 7) is 5.06. The monoisotopic (exact) mass is 572 g/mol. The third kappa shape index (κ3) is 6.52. The molecule has 0 unspecified atom stereocenters. The zero-order valence-electron chi connectivity index (χ0n) is 21.8. The van der Waals surface area contributed by atoms with Crippen molar-refractivity contribution < 1.29 is 27.5 Å². The summed E-state index contributed by atoms with van der Waals surface area (Å²) in [6.07, 6.45) is 4.77. The molecule has 1 aliphatic heterocycles. The SMILES string of the molecule is CC(C)C[C@H](NC(=O)c1cc2ccccc2o1)C(=O)N[C@H]1C=C[C@@H](C)N(S(=O)(=O)c2ccccn2)C[C@@]1(O)S. The molecule has 3 aromatic rings. The number of thiol groups is 1. The molecular formula is C27H32N4O6S2. The van der Waals surface area contributed by atoms with Crippen molar-refractivity contribution in [3.63, 3.8) is 0 Å². The van der Waals surface area contributed by atoms with Crippen LogP contribution in [0.2, 0.25) is 0 Å². The molecule has 0 spiro atoms. The number of fused-ring (bicyclic) bond motifs is 1. The molecule has 0 aliphatic carbocycles. The fourth-order valence-corrected chi connectivity index (χ4v) is 6.32. The van der Waals surface area contributed by atoms with Gasteiger partial charge >= 0.3 is 0 Å². The van der Waals surface area contributed by atoms with Crippen LogP contribution in [0.5, 0.6) is 0 Å². The van der Waals surface area contributed by atoms with Gasteiger partial charge in [-0.1, -0.05) is 50.3 Å². The van der Waals surface area contributed by atoms with Crippen molar-refractivity contribution >= 4 is 45.4 Å². The van der Waals surface area contributed by atoms with E-state index in [0.717, 1.165) is 9.69 Å². The van der Waals surface area contributed by atoms with Crippen LogP contribution in [0.3, 0.4) is 0 Å². The van der Waals surface area contributed by atoms with E-state index in [1.165, 1.54) is 18.3 Å². The van der Waals surface area contributed by atoms with E-state index in [9.17, 15) is 23.1 Å². The van der Waals surface area contributed by atoms with Gasteiger partial charge in [-0.15, -0.1) is 12.6 Å². The van der Waals surface area contributed by atoms with E-state index >= 15 is 0 Å². The molecule has 0 fully saturated rings. The topological polar surface area (TPSA) is 142 Å². The standard InChI is InChI=1S/C27H32N4O6S2/c1-17(2)14-20(29-26(33)22-15-19-8-4-5-9-21(19)37-22)25(32)30-23-12-11-18(3)31(16-27(23,34)38)39(35,36)24-10-6-7-13-28-24/h4-13,15,17-18,20,23,34,38H,14,16H2,1-3H3,(H,29,33)(H,30,32)/t18-,20+,23+,27-/m1/s1. The highest BCUT2D eigenvalue weighted by molar-refractivity contribution is 7.89. The number of furan rings is 1. The molecule has 4 atom stereocenters. The number of amides is 2. The molecule has 4 rings (SSSR count). The molecule has 1 aromatic carbocycles. The fourth-order valence-electron chi connectivity index (χ4n) is 4.36. The quantitative estimate of drug-likeness (QED) is 0.185. The van der Waals surface area contributed by atoms with Gasteiger partial charge in [0, 0.05) is 17.6 Å². The second-order valence-corrected chi connectivity index (χ2v) is 12.6. The lowest BCUT2D eigenvalue weighted by molar-refractivity contribution is -0.124. The summed E-state index contributed by atoms with van der Waals surface area (Å²) in [5.74, 6) is -0.980. The maximum atomic E-state index is 13.4. The second-order valence-electron chi connectivity index (χ2n) is 10.0. The van der Waals surface area contributed by atoms with Crippen LogP contribution in [-0.4, -0.2) is 64.2 Å². The van der Waals surface area contributed by atoms with Crippen LogP contribution in [0.25, 0.3) is 11.0 Å². The van der Waals surface area contributed by atoms with Gasteiger partial charge in [-0.25, -0.2) is 13.4 Å². The van der Waals surface area contributed by atoms with Gasteiger partial charge < -0.3 is 20.2 Å². The van der Waals surface area contributed by atoms with Crippen LogP contribution in [-0.2, 0) is 14.8 Å². The number of sulfonamides is 1. The van der Waals surface area contributed by atoms with Gasteiger partial charge in [-0.2, -0.15) is 4.31 Å². The smallest absolute Gasteiger partial charge is 0.287 e. The van der Waals surface area contributed by atoms with Crippen LogP contribution in [0.1, 0.15) is 37.7 Å². The molecular weight excluding hydrogens is 540 g/mol. The first-order valence-electron chi connectivity index (χ1n) is 12.5. The lowest BCUT2D eigenvalue weighted by atomic mass is 10.0. The number of hydrogen-bond acceptors (Lipinski definition) is 8. The number of aromatic nitrogens is 1. The Bertz CT molecular complexity index is 1440. The summed E-state index contributed by atoms with van der Waals surface area (Å²) in [7, 11) is -4.07. The number of carbonyl (C=O) groups is 2. The van der Waals surface area contributed by atoms with Crippen LogP contribution in [0.4, 0.5) is 0 Å². The number of benzene rings is 1. The van der Waals surface area contributed by atoms with Crippen molar-refractivity contribution in [3.05, 3.63) is 72.6 Å². The summed E-state index contributed by atoms with van der Waals surface area (Å²) < 4.78 is 33.2. The van der Waals surface area contributed by atoms with E-state index < -0.39 is 51.4 Å². The van der Waals surface area contributed by atoms with E-state index in [2.05, 4.69) is 28.2 Å². The summed E-state index contributed by atoms with van der Waals surface area (Å²) in [5.41, 5.74) is 0.551. The number of carbonyl (C=O) groups excluding carboxylic acids is 2. The van der Waals surface area contributed by atoms with Crippen LogP contribution < -0.4 is 10.6 Å². The molecule has 3 N–H and O–H groups in total. The van der Waals surface area contributed by atoms with Crippen LogP contribution >= 0.6 is 12.6 Å². The van der Waals surface area contributed by atoms with E-state index in [0.29, 0.717) is 12.0 Å². The van der Waals surface area contributed by atoms with Gasteiger partial charge in [0.15, 0.2) is 10.8 Å².